The molecule has 29 heavy (non-hydrogen) atoms. The monoisotopic (exact) mass is 450 g/mol. The van der Waals surface area contributed by atoms with Gasteiger partial charge in [-0.2, -0.15) is 0 Å². The van der Waals surface area contributed by atoms with Gasteiger partial charge in [0.1, 0.15) is 0 Å². The van der Waals surface area contributed by atoms with E-state index in [2.05, 4.69) is 50.4 Å². The van der Waals surface area contributed by atoms with E-state index < -0.39 is 0 Å². The van der Waals surface area contributed by atoms with Crippen LogP contribution < -0.4 is 5.32 Å². The molecule has 0 saturated carbocycles. The maximum Gasteiger partial charge on any atom is 0.238 e. The van der Waals surface area contributed by atoms with Crippen LogP contribution in [0.2, 0.25) is 0 Å². The van der Waals surface area contributed by atoms with Gasteiger partial charge in [0.25, 0.3) is 0 Å². The van der Waals surface area contributed by atoms with Gasteiger partial charge in [-0.1, -0.05) is 76.6 Å². The van der Waals surface area contributed by atoms with E-state index >= 15 is 0 Å². The van der Waals surface area contributed by atoms with Crippen LogP contribution in [0.15, 0.2) is 83.3 Å². The van der Waals surface area contributed by atoms with Crippen LogP contribution in [0.5, 0.6) is 0 Å². The van der Waals surface area contributed by atoms with Crippen LogP contribution >= 0.6 is 15.9 Å². The van der Waals surface area contributed by atoms with Crippen molar-refractivity contribution in [2.45, 2.75) is 6.10 Å². The topological polar surface area (TPSA) is 41.6 Å². The Balaban J connectivity index is 1.41. The number of halogens is 1. The Bertz CT molecular complexity index is 960. The predicted octanol–water partition coefficient (Wildman–Crippen LogP) is 5.13. The fourth-order valence-corrected chi connectivity index (χ4v) is 3.84. The largest absolute Gasteiger partial charge is 0.371 e. The normalized spacial score (nSPS) is 17.1. The highest BCUT2D eigenvalue weighted by atomic mass is 79.9. The van der Waals surface area contributed by atoms with Gasteiger partial charge in [-0.25, -0.2) is 0 Å². The number of carbonyl (C=O) groups excluding carboxylic acids is 1. The average Bonchev–Trinajstić information content (AvgIpc) is 2.75. The molecule has 4 nitrogen and oxygen atoms in total. The van der Waals surface area contributed by atoms with Gasteiger partial charge < -0.3 is 10.1 Å². The van der Waals surface area contributed by atoms with Crippen molar-refractivity contribution in [1.82, 2.24) is 4.90 Å². The van der Waals surface area contributed by atoms with Crippen molar-refractivity contribution in [1.29, 1.82) is 0 Å². The number of carbonyl (C=O) groups is 1. The summed E-state index contributed by atoms with van der Waals surface area (Å²) in [7, 11) is 0. The van der Waals surface area contributed by atoms with Crippen LogP contribution in [0, 0.1) is 0 Å². The molecule has 1 N–H and O–H groups in total. The molecule has 0 aromatic heterocycles. The molecule has 3 aromatic carbocycles. The Morgan fingerprint density at radius 2 is 1.72 bits per heavy atom. The lowest BCUT2D eigenvalue weighted by Gasteiger charge is -2.32. The number of morpholine rings is 1. The minimum Gasteiger partial charge on any atom is -0.371 e. The van der Waals surface area contributed by atoms with Crippen molar-refractivity contribution in [2.75, 3.05) is 31.6 Å². The maximum atomic E-state index is 12.8. The number of hydrogen-bond acceptors (Lipinski definition) is 3. The van der Waals surface area contributed by atoms with Crippen molar-refractivity contribution in [3.05, 3.63) is 88.9 Å². The van der Waals surface area contributed by atoms with Crippen LogP contribution in [0.4, 0.5) is 5.69 Å². The van der Waals surface area contributed by atoms with Gasteiger partial charge >= 0.3 is 0 Å². The van der Waals surface area contributed by atoms with Gasteiger partial charge in [0.15, 0.2) is 0 Å². The van der Waals surface area contributed by atoms with Gasteiger partial charge in [-0.15, -0.1) is 0 Å². The fraction of sp³-hybridized carbons (Fsp3) is 0.208. The Morgan fingerprint density at radius 1 is 1.00 bits per heavy atom. The lowest BCUT2D eigenvalue weighted by molar-refractivity contribution is -0.119. The van der Waals surface area contributed by atoms with Gasteiger partial charge in [0, 0.05) is 28.8 Å². The molecule has 0 bridgehead atoms. The number of nitrogens with one attached hydrogen (secondary N) is 1. The van der Waals surface area contributed by atoms with Crippen molar-refractivity contribution in [3.8, 4) is 11.1 Å². The molecule has 1 aliphatic rings. The number of para-hydroxylation sites is 1. The first-order valence-corrected chi connectivity index (χ1v) is 10.5. The van der Waals surface area contributed by atoms with Gasteiger partial charge in [-0.3, -0.25) is 9.69 Å². The minimum atomic E-state index is -0.0127. The molecule has 3 aromatic rings. The third kappa shape index (κ3) is 5.12. The molecule has 1 unspecified atom stereocenters. The molecule has 1 aliphatic heterocycles. The zero-order chi connectivity index (χ0) is 20.1. The number of nitrogens with zero attached hydrogens (tertiary/aromatic N) is 1. The molecule has 1 heterocycles. The molecule has 0 radical (unpaired) electrons. The predicted molar refractivity (Wildman–Crippen MR) is 120 cm³/mol. The highest BCUT2D eigenvalue weighted by molar-refractivity contribution is 9.10. The second-order valence-corrected chi connectivity index (χ2v) is 8.02. The Hall–Kier alpha value is -2.47. The summed E-state index contributed by atoms with van der Waals surface area (Å²) in [5.74, 6) is -0.00941. The summed E-state index contributed by atoms with van der Waals surface area (Å²) >= 11 is 3.46. The molecule has 1 atom stereocenters. The highest BCUT2D eigenvalue weighted by Gasteiger charge is 2.23. The summed E-state index contributed by atoms with van der Waals surface area (Å²) in [6.45, 7) is 2.42. The zero-order valence-corrected chi connectivity index (χ0v) is 17.6. The molecular formula is C24H23BrN2O2. The van der Waals surface area contributed by atoms with Crippen molar-refractivity contribution in [3.63, 3.8) is 0 Å². The summed E-state index contributed by atoms with van der Waals surface area (Å²) in [4.78, 5) is 14.9. The van der Waals surface area contributed by atoms with Crippen LogP contribution in [0.25, 0.3) is 11.1 Å². The Morgan fingerprint density at radius 3 is 2.52 bits per heavy atom. The van der Waals surface area contributed by atoms with Crippen LogP contribution in [-0.2, 0) is 9.53 Å². The van der Waals surface area contributed by atoms with Gasteiger partial charge in [0.2, 0.25) is 5.91 Å². The summed E-state index contributed by atoms with van der Waals surface area (Å²) in [5, 5.41) is 3.09. The SMILES string of the molecule is O=C(CN1CCOC(c2ccc(Br)cc2)C1)Nc1ccccc1-c1ccccc1. The van der Waals surface area contributed by atoms with Crippen LogP contribution in [0.3, 0.4) is 0 Å². The zero-order valence-electron chi connectivity index (χ0n) is 16.1. The van der Waals surface area contributed by atoms with E-state index in [1.165, 1.54) is 0 Å². The molecule has 4 rings (SSSR count). The van der Waals surface area contributed by atoms with Crippen molar-refractivity contribution >= 4 is 27.5 Å². The minimum absolute atomic E-state index is 0.00941. The van der Waals surface area contributed by atoms with E-state index in [1.807, 2.05) is 54.6 Å². The molecule has 0 aliphatic carbocycles. The summed E-state index contributed by atoms with van der Waals surface area (Å²) in [6, 6.07) is 26.2. The lowest BCUT2D eigenvalue weighted by atomic mass is 10.0. The third-order valence-electron chi connectivity index (χ3n) is 5.05. The molecular weight excluding hydrogens is 428 g/mol. The fourth-order valence-electron chi connectivity index (χ4n) is 3.58. The van der Waals surface area contributed by atoms with E-state index in [9.17, 15) is 4.79 Å². The van der Waals surface area contributed by atoms with E-state index in [4.69, 9.17) is 4.74 Å². The number of ether oxygens (including phenoxy) is 1. The quantitative estimate of drug-likeness (QED) is 0.585. The lowest BCUT2D eigenvalue weighted by Crippen LogP contribution is -2.42. The summed E-state index contributed by atoms with van der Waals surface area (Å²) in [6.07, 6.45) is -0.0127. The summed E-state index contributed by atoms with van der Waals surface area (Å²) in [5.41, 5.74) is 4.08. The second-order valence-electron chi connectivity index (χ2n) is 7.11. The number of benzene rings is 3. The van der Waals surface area contributed by atoms with E-state index in [-0.39, 0.29) is 12.0 Å². The number of hydrogen-bond donors (Lipinski definition) is 1. The molecule has 5 heteroatoms. The van der Waals surface area contributed by atoms with Crippen LogP contribution in [-0.4, -0.2) is 37.0 Å². The second kappa shape index (κ2) is 9.35. The van der Waals surface area contributed by atoms with Crippen molar-refractivity contribution in [2.24, 2.45) is 0 Å². The summed E-state index contributed by atoms with van der Waals surface area (Å²) < 4.78 is 6.97. The highest BCUT2D eigenvalue weighted by Crippen LogP contribution is 2.28. The number of amides is 1. The maximum absolute atomic E-state index is 12.8. The third-order valence-corrected chi connectivity index (χ3v) is 5.57. The van der Waals surface area contributed by atoms with Crippen LogP contribution in [0.1, 0.15) is 11.7 Å². The Kier molecular flexibility index (Phi) is 6.39. The van der Waals surface area contributed by atoms with E-state index in [0.717, 1.165) is 33.4 Å². The van der Waals surface area contributed by atoms with Gasteiger partial charge in [-0.05, 0) is 29.3 Å². The first-order chi connectivity index (χ1) is 14.2. The smallest absolute Gasteiger partial charge is 0.238 e. The molecule has 1 fully saturated rings. The Labute approximate surface area is 179 Å². The molecule has 148 valence electrons. The number of anilines is 1. The van der Waals surface area contributed by atoms with Gasteiger partial charge in [0.05, 0.1) is 19.3 Å². The molecule has 0 spiro atoms. The molecule has 1 saturated heterocycles. The standard InChI is InChI=1S/C24H23BrN2O2/c25-20-12-10-19(11-13-20)23-16-27(14-15-29-23)17-24(28)26-22-9-5-4-8-21(22)18-6-2-1-3-7-18/h1-13,23H,14-17H2,(H,26,28). The first-order valence-electron chi connectivity index (χ1n) is 9.73. The van der Waals surface area contributed by atoms with E-state index in [1.54, 1.807) is 0 Å². The average molecular weight is 451 g/mol. The molecule has 1 amide bonds. The number of rotatable bonds is 5. The van der Waals surface area contributed by atoms with Crippen molar-refractivity contribution < 1.29 is 9.53 Å². The van der Waals surface area contributed by atoms with E-state index in [0.29, 0.717) is 19.7 Å². The first kappa shape index (κ1) is 19.8.